The largest absolute Gasteiger partial charge is 0.465 e. The van der Waals surface area contributed by atoms with Crippen molar-refractivity contribution < 1.29 is 24.2 Å². The highest BCUT2D eigenvalue weighted by atomic mass is 16.5. The standard InChI is InChI=1S/C27H34N4O5/c32-25(29-15-17-36-18-16-29)11-12-26(33)31(23-9-5-2-6-10-23)21-24-20-28(13-14-30(24)27(34)35)19-22-7-3-1-4-8-22/h1-10,24H,11-21H2,(H,34,35)/t24-/m0/s1. The van der Waals surface area contributed by atoms with Gasteiger partial charge in [0.25, 0.3) is 0 Å². The average Bonchev–Trinajstić information content (AvgIpc) is 2.91. The average molecular weight is 495 g/mol. The third-order valence-electron chi connectivity index (χ3n) is 6.74. The van der Waals surface area contributed by atoms with Crippen LogP contribution in [0.3, 0.4) is 0 Å². The smallest absolute Gasteiger partial charge is 0.407 e. The number of hydrogen-bond acceptors (Lipinski definition) is 5. The molecule has 9 heteroatoms. The molecule has 36 heavy (non-hydrogen) atoms. The summed E-state index contributed by atoms with van der Waals surface area (Å²) in [4.78, 5) is 45.1. The molecular weight excluding hydrogens is 460 g/mol. The molecule has 0 unspecified atom stereocenters. The van der Waals surface area contributed by atoms with Crippen molar-refractivity contribution in [3.63, 3.8) is 0 Å². The molecule has 0 aliphatic carbocycles. The number of nitrogens with zero attached hydrogens (tertiary/aromatic N) is 4. The van der Waals surface area contributed by atoms with Crippen LogP contribution < -0.4 is 4.90 Å². The molecule has 0 saturated carbocycles. The first kappa shape index (κ1) is 25.7. The predicted octanol–water partition coefficient (Wildman–Crippen LogP) is 2.52. The van der Waals surface area contributed by atoms with Crippen LogP contribution in [0.15, 0.2) is 60.7 Å². The van der Waals surface area contributed by atoms with E-state index in [9.17, 15) is 19.5 Å². The van der Waals surface area contributed by atoms with Crippen LogP contribution in [-0.4, -0.2) is 96.2 Å². The van der Waals surface area contributed by atoms with E-state index in [1.165, 1.54) is 4.90 Å². The van der Waals surface area contributed by atoms with Crippen molar-refractivity contribution in [2.24, 2.45) is 0 Å². The summed E-state index contributed by atoms with van der Waals surface area (Å²) in [6.45, 7) is 4.59. The normalized spacial score (nSPS) is 18.6. The van der Waals surface area contributed by atoms with Gasteiger partial charge in [-0.1, -0.05) is 48.5 Å². The van der Waals surface area contributed by atoms with E-state index in [4.69, 9.17) is 4.74 Å². The summed E-state index contributed by atoms with van der Waals surface area (Å²) in [6, 6.07) is 19.0. The van der Waals surface area contributed by atoms with E-state index >= 15 is 0 Å². The Morgan fingerprint density at radius 3 is 2.22 bits per heavy atom. The van der Waals surface area contributed by atoms with E-state index in [0.29, 0.717) is 51.6 Å². The summed E-state index contributed by atoms with van der Waals surface area (Å²) in [5.74, 6) is -0.244. The van der Waals surface area contributed by atoms with E-state index in [2.05, 4.69) is 17.0 Å². The fraction of sp³-hybridized carbons (Fsp3) is 0.444. The molecule has 2 aliphatic heterocycles. The Bertz CT molecular complexity index is 1010. The van der Waals surface area contributed by atoms with Crippen LogP contribution in [0.1, 0.15) is 18.4 Å². The van der Waals surface area contributed by atoms with E-state index in [1.807, 2.05) is 48.5 Å². The van der Waals surface area contributed by atoms with Gasteiger partial charge < -0.3 is 24.5 Å². The quantitative estimate of drug-likeness (QED) is 0.606. The zero-order valence-electron chi connectivity index (χ0n) is 20.5. The number of piperazine rings is 1. The van der Waals surface area contributed by atoms with Gasteiger partial charge in [0.2, 0.25) is 11.8 Å². The molecule has 0 aromatic heterocycles. The van der Waals surface area contributed by atoms with Gasteiger partial charge in [0, 0.05) is 64.3 Å². The molecule has 1 N–H and O–H groups in total. The van der Waals surface area contributed by atoms with Crippen LogP contribution >= 0.6 is 0 Å². The first-order valence-electron chi connectivity index (χ1n) is 12.5. The number of para-hydroxylation sites is 1. The zero-order valence-corrected chi connectivity index (χ0v) is 20.5. The highest BCUT2D eigenvalue weighted by molar-refractivity contribution is 5.95. The van der Waals surface area contributed by atoms with Crippen molar-refractivity contribution in [3.8, 4) is 0 Å². The molecule has 2 heterocycles. The van der Waals surface area contributed by atoms with Gasteiger partial charge in [0.15, 0.2) is 0 Å². The molecule has 3 amide bonds. The fourth-order valence-corrected chi connectivity index (χ4v) is 4.80. The second kappa shape index (κ2) is 12.5. The summed E-state index contributed by atoms with van der Waals surface area (Å²) in [5, 5.41) is 9.87. The molecule has 192 valence electrons. The number of carbonyl (C=O) groups is 3. The first-order chi connectivity index (χ1) is 17.5. The lowest BCUT2D eigenvalue weighted by atomic mass is 10.1. The number of carbonyl (C=O) groups excluding carboxylic acids is 2. The summed E-state index contributed by atoms with van der Waals surface area (Å²) in [5.41, 5.74) is 1.87. The molecule has 9 nitrogen and oxygen atoms in total. The minimum absolute atomic E-state index is 0.0569. The van der Waals surface area contributed by atoms with Crippen LogP contribution in [0, 0.1) is 0 Å². The van der Waals surface area contributed by atoms with Crippen molar-refractivity contribution in [1.29, 1.82) is 0 Å². The van der Waals surface area contributed by atoms with Crippen LogP contribution in [0.4, 0.5) is 10.5 Å². The molecule has 2 aliphatic rings. The van der Waals surface area contributed by atoms with Gasteiger partial charge in [-0.25, -0.2) is 4.79 Å². The van der Waals surface area contributed by atoms with E-state index < -0.39 is 6.09 Å². The summed E-state index contributed by atoms with van der Waals surface area (Å²) in [7, 11) is 0. The lowest BCUT2D eigenvalue weighted by Crippen LogP contribution is -2.58. The molecule has 2 saturated heterocycles. The Kier molecular flexibility index (Phi) is 8.91. The Morgan fingerprint density at radius 2 is 1.56 bits per heavy atom. The highest BCUT2D eigenvalue weighted by Crippen LogP contribution is 2.21. The second-order valence-electron chi connectivity index (χ2n) is 9.18. The van der Waals surface area contributed by atoms with E-state index in [-0.39, 0.29) is 37.2 Å². The Hall–Kier alpha value is -3.43. The number of ether oxygens (including phenoxy) is 1. The van der Waals surface area contributed by atoms with E-state index in [1.54, 1.807) is 9.80 Å². The molecule has 0 spiro atoms. The number of anilines is 1. The van der Waals surface area contributed by atoms with Gasteiger partial charge in [-0.3, -0.25) is 14.5 Å². The van der Waals surface area contributed by atoms with Gasteiger partial charge >= 0.3 is 6.09 Å². The molecule has 1 atom stereocenters. The zero-order chi connectivity index (χ0) is 25.3. The van der Waals surface area contributed by atoms with Gasteiger partial charge in [0.05, 0.1) is 19.3 Å². The predicted molar refractivity (Wildman–Crippen MR) is 136 cm³/mol. The van der Waals surface area contributed by atoms with Crippen molar-refractivity contribution in [2.45, 2.75) is 25.4 Å². The molecule has 0 bridgehead atoms. The maximum Gasteiger partial charge on any atom is 0.407 e. The Morgan fingerprint density at radius 1 is 0.889 bits per heavy atom. The number of carboxylic acid groups (broad SMARTS) is 1. The van der Waals surface area contributed by atoms with Crippen LogP contribution in [0.25, 0.3) is 0 Å². The fourth-order valence-electron chi connectivity index (χ4n) is 4.80. The van der Waals surface area contributed by atoms with Crippen LogP contribution in [0.2, 0.25) is 0 Å². The van der Waals surface area contributed by atoms with Gasteiger partial charge in [-0.05, 0) is 17.7 Å². The third-order valence-corrected chi connectivity index (χ3v) is 6.74. The lowest BCUT2D eigenvalue weighted by Gasteiger charge is -2.42. The molecule has 2 aromatic rings. The monoisotopic (exact) mass is 494 g/mol. The lowest BCUT2D eigenvalue weighted by molar-refractivity contribution is -0.136. The Labute approximate surface area is 211 Å². The SMILES string of the molecule is O=C(CCC(=O)N(C[C@@H]1CN(Cc2ccccc2)CCN1C(=O)O)c1ccccc1)N1CCOCC1. The number of morpholine rings is 1. The molecule has 2 fully saturated rings. The Balaban J connectivity index is 1.46. The van der Waals surface area contributed by atoms with Crippen molar-refractivity contribution in [3.05, 3.63) is 66.2 Å². The van der Waals surface area contributed by atoms with Gasteiger partial charge in [-0.2, -0.15) is 0 Å². The summed E-state index contributed by atoms with van der Waals surface area (Å²) < 4.78 is 5.31. The number of amides is 3. The third kappa shape index (κ3) is 6.83. The van der Waals surface area contributed by atoms with Gasteiger partial charge in [0.1, 0.15) is 0 Å². The van der Waals surface area contributed by atoms with Crippen molar-refractivity contribution in [2.75, 3.05) is 57.4 Å². The maximum atomic E-state index is 13.4. The number of hydrogen-bond donors (Lipinski definition) is 1. The maximum absolute atomic E-state index is 13.4. The summed E-state index contributed by atoms with van der Waals surface area (Å²) in [6.07, 6.45) is -0.795. The van der Waals surface area contributed by atoms with Gasteiger partial charge in [-0.15, -0.1) is 0 Å². The number of rotatable bonds is 8. The topological polar surface area (TPSA) is 93.6 Å². The molecular formula is C27H34N4O5. The number of benzene rings is 2. The second-order valence-corrected chi connectivity index (χ2v) is 9.18. The van der Waals surface area contributed by atoms with Crippen LogP contribution in [0.5, 0.6) is 0 Å². The van der Waals surface area contributed by atoms with E-state index in [0.717, 1.165) is 12.1 Å². The summed E-state index contributed by atoms with van der Waals surface area (Å²) >= 11 is 0. The molecule has 2 aromatic carbocycles. The van der Waals surface area contributed by atoms with Crippen LogP contribution in [-0.2, 0) is 20.9 Å². The van der Waals surface area contributed by atoms with Crippen molar-refractivity contribution in [1.82, 2.24) is 14.7 Å². The van der Waals surface area contributed by atoms with Crippen molar-refractivity contribution >= 4 is 23.6 Å². The first-order valence-corrected chi connectivity index (χ1v) is 12.5. The molecule has 4 rings (SSSR count). The highest BCUT2D eigenvalue weighted by Gasteiger charge is 2.33. The minimum Gasteiger partial charge on any atom is -0.465 e. The molecule has 0 radical (unpaired) electrons. The minimum atomic E-state index is -0.984.